The van der Waals surface area contributed by atoms with Crippen LogP contribution in [0.2, 0.25) is 0 Å². The number of rotatable bonds is 4. The molecule has 4 nitrogen and oxygen atoms in total. The predicted molar refractivity (Wildman–Crippen MR) is 67.0 cm³/mol. The summed E-state index contributed by atoms with van der Waals surface area (Å²) in [7, 11) is 4.02. The third-order valence-electron chi connectivity index (χ3n) is 3.06. The van der Waals surface area contributed by atoms with Gasteiger partial charge in [-0.2, -0.15) is 0 Å². The van der Waals surface area contributed by atoms with Crippen LogP contribution >= 0.6 is 0 Å². The van der Waals surface area contributed by atoms with Gasteiger partial charge < -0.3 is 10.2 Å². The van der Waals surface area contributed by atoms with Crippen molar-refractivity contribution in [2.24, 2.45) is 5.92 Å². The van der Waals surface area contributed by atoms with E-state index in [1.54, 1.807) is 0 Å². The molecule has 0 aromatic carbocycles. The fourth-order valence-corrected chi connectivity index (χ4v) is 2.00. The first kappa shape index (κ1) is 11.2. The third-order valence-corrected chi connectivity index (χ3v) is 3.06. The minimum absolute atomic E-state index is 0.826. The molecular formula is C12H20N4. The zero-order valence-corrected chi connectivity index (χ0v) is 10.5. The van der Waals surface area contributed by atoms with Gasteiger partial charge in [0.2, 0.25) is 0 Å². The molecule has 0 atom stereocenters. The maximum Gasteiger partial charge on any atom is 0.137 e. The van der Waals surface area contributed by atoms with Gasteiger partial charge in [-0.1, -0.05) is 0 Å². The fraction of sp³-hybridized carbons (Fsp3) is 0.667. The first-order valence-electron chi connectivity index (χ1n) is 5.86. The molecule has 0 aliphatic heterocycles. The minimum atomic E-state index is 0.826. The summed E-state index contributed by atoms with van der Waals surface area (Å²) >= 11 is 0. The molecule has 0 radical (unpaired) electrons. The van der Waals surface area contributed by atoms with Crippen molar-refractivity contribution in [1.82, 2.24) is 9.97 Å². The van der Waals surface area contributed by atoms with E-state index < -0.39 is 0 Å². The zero-order valence-electron chi connectivity index (χ0n) is 10.5. The highest BCUT2D eigenvalue weighted by atomic mass is 15.2. The zero-order chi connectivity index (χ0) is 11.7. The van der Waals surface area contributed by atoms with E-state index in [2.05, 4.69) is 34.2 Å². The van der Waals surface area contributed by atoms with Crippen molar-refractivity contribution in [2.75, 3.05) is 30.9 Å². The molecule has 0 saturated heterocycles. The molecule has 0 unspecified atom stereocenters. The van der Waals surface area contributed by atoms with Gasteiger partial charge in [0.25, 0.3) is 0 Å². The Labute approximate surface area is 97.1 Å². The molecule has 1 aliphatic rings. The monoisotopic (exact) mass is 220 g/mol. The van der Waals surface area contributed by atoms with Gasteiger partial charge in [0.15, 0.2) is 0 Å². The van der Waals surface area contributed by atoms with Crippen LogP contribution < -0.4 is 10.2 Å². The van der Waals surface area contributed by atoms with Gasteiger partial charge in [0.05, 0.1) is 0 Å². The average molecular weight is 220 g/mol. The molecule has 16 heavy (non-hydrogen) atoms. The second-order valence-electron chi connectivity index (χ2n) is 4.64. The van der Waals surface area contributed by atoms with Gasteiger partial charge in [0.1, 0.15) is 17.5 Å². The van der Waals surface area contributed by atoms with Crippen LogP contribution in [0.1, 0.15) is 24.2 Å². The highest BCUT2D eigenvalue weighted by Gasteiger charge is 2.24. The fourth-order valence-electron chi connectivity index (χ4n) is 2.00. The molecule has 1 N–H and O–H groups in total. The summed E-state index contributed by atoms with van der Waals surface area (Å²) in [6, 6.07) is 0. The standard InChI is InChI=1S/C12H20N4/c1-8-11(13-3)14-9(2)15-12(8)16(4)7-10-5-6-10/h10H,5-7H2,1-4H3,(H,13,14,15). The molecule has 2 rings (SSSR count). The van der Waals surface area contributed by atoms with Crippen molar-refractivity contribution in [3.63, 3.8) is 0 Å². The first-order chi connectivity index (χ1) is 7.61. The largest absolute Gasteiger partial charge is 0.373 e. The van der Waals surface area contributed by atoms with E-state index in [0.29, 0.717) is 0 Å². The van der Waals surface area contributed by atoms with Crippen LogP contribution in [0.5, 0.6) is 0 Å². The molecule has 4 heteroatoms. The number of aromatic nitrogens is 2. The number of aryl methyl sites for hydroxylation is 1. The molecule has 0 bridgehead atoms. The highest BCUT2D eigenvalue weighted by molar-refractivity contribution is 5.58. The van der Waals surface area contributed by atoms with Crippen molar-refractivity contribution >= 4 is 11.6 Å². The Morgan fingerprint density at radius 1 is 1.31 bits per heavy atom. The summed E-state index contributed by atoms with van der Waals surface area (Å²) in [4.78, 5) is 11.2. The van der Waals surface area contributed by atoms with Crippen LogP contribution in [0, 0.1) is 19.8 Å². The van der Waals surface area contributed by atoms with E-state index in [1.807, 2.05) is 14.0 Å². The molecule has 1 heterocycles. The second kappa shape index (κ2) is 4.28. The van der Waals surface area contributed by atoms with Crippen molar-refractivity contribution < 1.29 is 0 Å². The van der Waals surface area contributed by atoms with Gasteiger partial charge in [-0.15, -0.1) is 0 Å². The Morgan fingerprint density at radius 2 is 2.00 bits per heavy atom. The highest BCUT2D eigenvalue weighted by Crippen LogP contribution is 2.31. The third kappa shape index (κ3) is 2.26. The number of nitrogens with zero attached hydrogens (tertiary/aromatic N) is 3. The lowest BCUT2D eigenvalue weighted by Crippen LogP contribution is -2.23. The van der Waals surface area contributed by atoms with E-state index in [0.717, 1.165) is 35.5 Å². The number of anilines is 2. The Hall–Kier alpha value is -1.32. The summed E-state index contributed by atoms with van der Waals surface area (Å²) in [6.45, 7) is 5.12. The number of hydrogen-bond acceptors (Lipinski definition) is 4. The van der Waals surface area contributed by atoms with Crippen molar-refractivity contribution in [1.29, 1.82) is 0 Å². The summed E-state index contributed by atoms with van der Waals surface area (Å²) in [6.07, 6.45) is 2.73. The van der Waals surface area contributed by atoms with Crippen LogP contribution in [-0.4, -0.2) is 30.6 Å². The summed E-state index contributed by atoms with van der Waals surface area (Å²) in [5.74, 6) is 3.69. The summed E-state index contributed by atoms with van der Waals surface area (Å²) in [5.41, 5.74) is 1.14. The minimum Gasteiger partial charge on any atom is -0.373 e. The summed E-state index contributed by atoms with van der Waals surface area (Å²) in [5, 5.41) is 3.12. The van der Waals surface area contributed by atoms with Crippen LogP contribution in [0.25, 0.3) is 0 Å². The maximum absolute atomic E-state index is 4.54. The topological polar surface area (TPSA) is 41.1 Å². The predicted octanol–water partition coefficient (Wildman–Crippen LogP) is 1.98. The lowest BCUT2D eigenvalue weighted by molar-refractivity contribution is 0.769. The quantitative estimate of drug-likeness (QED) is 0.842. The van der Waals surface area contributed by atoms with Gasteiger partial charge in [0, 0.05) is 26.2 Å². The SMILES string of the molecule is CNc1nc(C)nc(N(C)CC2CC2)c1C. The van der Waals surface area contributed by atoms with Crippen molar-refractivity contribution in [2.45, 2.75) is 26.7 Å². The van der Waals surface area contributed by atoms with E-state index in [1.165, 1.54) is 12.8 Å². The van der Waals surface area contributed by atoms with E-state index in [-0.39, 0.29) is 0 Å². The van der Waals surface area contributed by atoms with Gasteiger partial charge in [-0.3, -0.25) is 0 Å². The molecule has 1 aromatic heterocycles. The van der Waals surface area contributed by atoms with E-state index in [9.17, 15) is 0 Å². The van der Waals surface area contributed by atoms with E-state index >= 15 is 0 Å². The van der Waals surface area contributed by atoms with E-state index in [4.69, 9.17) is 0 Å². The number of nitrogens with one attached hydrogen (secondary N) is 1. The van der Waals surface area contributed by atoms with Gasteiger partial charge in [-0.05, 0) is 32.6 Å². The van der Waals surface area contributed by atoms with Crippen LogP contribution in [-0.2, 0) is 0 Å². The molecule has 0 amide bonds. The van der Waals surface area contributed by atoms with Crippen LogP contribution in [0.4, 0.5) is 11.6 Å². The summed E-state index contributed by atoms with van der Waals surface area (Å²) < 4.78 is 0. The van der Waals surface area contributed by atoms with Crippen molar-refractivity contribution in [3.05, 3.63) is 11.4 Å². The van der Waals surface area contributed by atoms with Crippen LogP contribution in [0.15, 0.2) is 0 Å². The second-order valence-corrected chi connectivity index (χ2v) is 4.64. The van der Waals surface area contributed by atoms with Crippen molar-refractivity contribution in [3.8, 4) is 0 Å². The Morgan fingerprint density at radius 3 is 2.56 bits per heavy atom. The number of hydrogen-bond donors (Lipinski definition) is 1. The normalized spacial score (nSPS) is 15.0. The molecule has 88 valence electrons. The average Bonchev–Trinajstić information content (AvgIpc) is 3.04. The maximum atomic E-state index is 4.54. The molecular weight excluding hydrogens is 200 g/mol. The molecule has 1 aromatic rings. The molecule has 1 aliphatic carbocycles. The lowest BCUT2D eigenvalue weighted by Gasteiger charge is -2.21. The molecule has 1 saturated carbocycles. The van der Waals surface area contributed by atoms with Gasteiger partial charge in [-0.25, -0.2) is 9.97 Å². The smallest absolute Gasteiger partial charge is 0.137 e. The Bertz CT molecular complexity index is 385. The molecule has 1 fully saturated rings. The lowest BCUT2D eigenvalue weighted by atomic mass is 10.2. The molecule has 0 spiro atoms. The van der Waals surface area contributed by atoms with Gasteiger partial charge >= 0.3 is 0 Å². The Kier molecular flexibility index (Phi) is 2.99. The first-order valence-corrected chi connectivity index (χ1v) is 5.86. The Balaban J connectivity index is 2.26. The van der Waals surface area contributed by atoms with Crippen LogP contribution in [0.3, 0.4) is 0 Å².